The van der Waals surface area contributed by atoms with Crippen LogP contribution in [0, 0.1) is 6.92 Å². The van der Waals surface area contributed by atoms with Crippen LogP contribution >= 0.6 is 0 Å². The van der Waals surface area contributed by atoms with E-state index in [1.165, 1.54) is 12.1 Å². The van der Waals surface area contributed by atoms with Crippen LogP contribution < -0.4 is 10.6 Å². The van der Waals surface area contributed by atoms with Crippen molar-refractivity contribution in [2.45, 2.75) is 19.6 Å². The highest BCUT2D eigenvalue weighted by Gasteiger charge is 2.30. The van der Waals surface area contributed by atoms with Crippen molar-refractivity contribution in [2.24, 2.45) is 0 Å². The molecule has 9 heteroatoms. The van der Waals surface area contributed by atoms with Crippen LogP contribution in [0.25, 0.3) is 11.4 Å². The summed E-state index contributed by atoms with van der Waals surface area (Å²) in [7, 11) is 0. The molecule has 1 aromatic heterocycles. The number of amides is 1. The third kappa shape index (κ3) is 5.38. The lowest BCUT2D eigenvalue weighted by molar-refractivity contribution is -0.137. The first-order valence-corrected chi connectivity index (χ1v) is 10.0. The Hall–Kier alpha value is -4.14. The van der Waals surface area contributed by atoms with E-state index in [0.717, 1.165) is 23.4 Å². The van der Waals surface area contributed by atoms with E-state index in [1.807, 2.05) is 19.1 Å². The molecule has 0 atom stereocenters. The van der Waals surface area contributed by atoms with Gasteiger partial charge in [-0.1, -0.05) is 41.6 Å². The summed E-state index contributed by atoms with van der Waals surface area (Å²) in [6.45, 7) is 2.11. The first kappa shape index (κ1) is 22.1. The Morgan fingerprint density at radius 3 is 2.42 bits per heavy atom. The van der Waals surface area contributed by atoms with Gasteiger partial charge >= 0.3 is 6.18 Å². The zero-order chi connectivity index (χ0) is 23.4. The molecular weight excluding hydrogens is 433 g/mol. The lowest BCUT2D eigenvalue weighted by Gasteiger charge is -2.11. The molecule has 168 valence electrons. The number of anilines is 2. The van der Waals surface area contributed by atoms with Crippen LogP contribution in [-0.2, 0) is 12.7 Å². The maximum absolute atomic E-state index is 12.7. The number of hydrogen-bond acceptors (Lipinski definition) is 5. The number of nitrogens with one attached hydrogen (secondary N) is 2. The largest absolute Gasteiger partial charge is 0.416 e. The molecule has 3 aromatic carbocycles. The predicted molar refractivity (Wildman–Crippen MR) is 118 cm³/mol. The Bertz CT molecular complexity index is 1250. The molecule has 0 bridgehead atoms. The number of aromatic nitrogens is 2. The number of benzene rings is 3. The average molecular weight is 452 g/mol. The topological polar surface area (TPSA) is 80.0 Å². The summed E-state index contributed by atoms with van der Waals surface area (Å²) in [4.78, 5) is 16.6. The van der Waals surface area contributed by atoms with Gasteiger partial charge in [0.25, 0.3) is 5.91 Å². The smallest absolute Gasteiger partial charge is 0.376 e. The number of aryl methyl sites for hydroxylation is 1. The van der Waals surface area contributed by atoms with Gasteiger partial charge in [0.2, 0.25) is 11.7 Å². The summed E-state index contributed by atoms with van der Waals surface area (Å²) in [5, 5.41) is 9.87. The van der Waals surface area contributed by atoms with E-state index in [0.29, 0.717) is 16.8 Å². The second-order valence-corrected chi connectivity index (χ2v) is 7.29. The summed E-state index contributed by atoms with van der Waals surface area (Å²) in [6.07, 6.45) is -4.40. The highest BCUT2D eigenvalue weighted by Crippen LogP contribution is 2.30. The molecule has 0 spiro atoms. The number of alkyl halides is 3. The molecule has 33 heavy (non-hydrogen) atoms. The van der Waals surface area contributed by atoms with E-state index in [1.54, 1.807) is 36.4 Å². The van der Waals surface area contributed by atoms with Crippen LogP contribution in [0.1, 0.15) is 27.4 Å². The highest BCUT2D eigenvalue weighted by atomic mass is 19.4. The molecule has 0 aliphatic heterocycles. The molecule has 0 saturated heterocycles. The van der Waals surface area contributed by atoms with E-state index >= 15 is 0 Å². The lowest BCUT2D eigenvalue weighted by Crippen LogP contribution is -2.12. The van der Waals surface area contributed by atoms with Crippen LogP contribution in [-0.4, -0.2) is 16.0 Å². The van der Waals surface area contributed by atoms with Gasteiger partial charge in [0, 0.05) is 22.5 Å². The minimum Gasteiger partial charge on any atom is -0.376 e. The molecule has 6 nitrogen and oxygen atoms in total. The molecule has 0 fully saturated rings. The maximum Gasteiger partial charge on any atom is 0.416 e. The molecule has 4 rings (SSSR count). The molecular formula is C24H19F3N4O2. The fourth-order valence-electron chi connectivity index (χ4n) is 3.11. The molecule has 1 heterocycles. The van der Waals surface area contributed by atoms with Crippen molar-refractivity contribution in [1.82, 2.24) is 10.1 Å². The number of hydrogen-bond donors (Lipinski definition) is 2. The molecule has 1 amide bonds. The van der Waals surface area contributed by atoms with Crippen molar-refractivity contribution in [3.63, 3.8) is 0 Å². The normalized spacial score (nSPS) is 11.3. The van der Waals surface area contributed by atoms with Gasteiger partial charge in [0.05, 0.1) is 12.1 Å². The molecule has 0 saturated carbocycles. The number of rotatable bonds is 6. The van der Waals surface area contributed by atoms with Crippen LogP contribution in [0.3, 0.4) is 0 Å². The Kier molecular flexibility index (Phi) is 6.12. The van der Waals surface area contributed by atoms with E-state index in [2.05, 4.69) is 20.8 Å². The minimum atomic E-state index is -4.40. The first-order chi connectivity index (χ1) is 15.8. The third-order valence-corrected chi connectivity index (χ3v) is 4.90. The minimum absolute atomic E-state index is 0.195. The molecule has 0 unspecified atom stereocenters. The number of carbonyl (C=O) groups excluding carboxylic acids is 1. The van der Waals surface area contributed by atoms with Crippen LogP contribution in [0.15, 0.2) is 77.3 Å². The fraction of sp³-hybridized carbons (Fsp3) is 0.125. The molecule has 0 radical (unpaired) electrons. The highest BCUT2D eigenvalue weighted by molar-refractivity contribution is 6.04. The Labute approximate surface area is 187 Å². The van der Waals surface area contributed by atoms with Crippen molar-refractivity contribution in [3.05, 3.63) is 95.4 Å². The van der Waals surface area contributed by atoms with Crippen molar-refractivity contribution in [2.75, 3.05) is 10.6 Å². The molecule has 0 aliphatic carbocycles. The number of nitrogens with zero attached hydrogens (tertiary/aromatic N) is 2. The van der Waals surface area contributed by atoms with Crippen LogP contribution in [0.4, 0.5) is 24.5 Å². The molecule has 4 aromatic rings. The van der Waals surface area contributed by atoms with Gasteiger partial charge in [-0.15, -0.1) is 0 Å². The monoisotopic (exact) mass is 452 g/mol. The van der Waals surface area contributed by atoms with Gasteiger partial charge in [-0.2, -0.15) is 18.2 Å². The zero-order valence-corrected chi connectivity index (χ0v) is 17.5. The zero-order valence-electron chi connectivity index (χ0n) is 17.5. The van der Waals surface area contributed by atoms with Crippen molar-refractivity contribution >= 4 is 17.3 Å². The second-order valence-electron chi connectivity index (χ2n) is 7.29. The summed E-state index contributed by atoms with van der Waals surface area (Å²) in [5.74, 6) is 0.243. The van der Waals surface area contributed by atoms with Gasteiger partial charge in [-0.05, 0) is 48.9 Å². The maximum atomic E-state index is 12.7. The first-order valence-electron chi connectivity index (χ1n) is 10.0. The summed E-state index contributed by atoms with van der Waals surface area (Å²) >= 11 is 0. The van der Waals surface area contributed by atoms with Crippen LogP contribution in [0.2, 0.25) is 0 Å². The van der Waals surface area contributed by atoms with Crippen LogP contribution in [0.5, 0.6) is 0 Å². The molecule has 0 aliphatic rings. The summed E-state index contributed by atoms with van der Waals surface area (Å²) in [5.41, 5.74) is 2.54. The Balaban J connectivity index is 1.42. The van der Waals surface area contributed by atoms with Crippen molar-refractivity contribution < 1.29 is 22.5 Å². The number of halogens is 3. The van der Waals surface area contributed by atoms with E-state index < -0.39 is 11.7 Å². The van der Waals surface area contributed by atoms with Gasteiger partial charge in [0.15, 0.2) is 0 Å². The van der Waals surface area contributed by atoms with Gasteiger partial charge in [-0.25, -0.2) is 0 Å². The van der Waals surface area contributed by atoms with E-state index in [4.69, 9.17) is 4.52 Å². The predicted octanol–water partition coefficient (Wildman–Crippen LogP) is 5.93. The Morgan fingerprint density at radius 1 is 1.00 bits per heavy atom. The lowest BCUT2D eigenvalue weighted by atomic mass is 10.1. The molecule has 2 N–H and O–H groups in total. The SMILES string of the molecule is Cc1ccc(NC(=O)c2ccccc2)cc1NCc1nc(-c2ccc(C(F)(F)F)cc2)no1. The van der Waals surface area contributed by atoms with Gasteiger partial charge in [0.1, 0.15) is 0 Å². The second kappa shape index (κ2) is 9.15. The van der Waals surface area contributed by atoms with Crippen molar-refractivity contribution in [3.8, 4) is 11.4 Å². The summed E-state index contributed by atoms with van der Waals surface area (Å²) in [6, 6.07) is 18.9. The standard InChI is InChI=1S/C24H19F3N4O2/c1-15-7-12-19(29-23(32)17-5-3-2-4-6-17)13-20(15)28-14-21-30-22(31-33-21)16-8-10-18(11-9-16)24(25,26)27/h2-13,28H,14H2,1H3,(H,29,32). The van der Waals surface area contributed by atoms with Gasteiger partial charge in [-0.3, -0.25) is 4.79 Å². The summed E-state index contributed by atoms with van der Waals surface area (Å²) < 4.78 is 43.4. The van der Waals surface area contributed by atoms with Crippen molar-refractivity contribution in [1.29, 1.82) is 0 Å². The average Bonchev–Trinajstić information content (AvgIpc) is 3.28. The van der Waals surface area contributed by atoms with E-state index in [-0.39, 0.29) is 24.2 Å². The Morgan fingerprint density at radius 2 is 1.73 bits per heavy atom. The third-order valence-electron chi connectivity index (χ3n) is 4.90. The van der Waals surface area contributed by atoms with E-state index in [9.17, 15) is 18.0 Å². The number of carbonyl (C=O) groups is 1. The van der Waals surface area contributed by atoms with Gasteiger partial charge < -0.3 is 15.2 Å². The fourth-order valence-corrected chi connectivity index (χ4v) is 3.11. The quantitative estimate of drug-likeness (QED) is 0.379.